The van der Waals surface area contributed by atoms with Crippen LogP contribution < -0.4 is 0 Å². The van der Waals surface area contributed by atoms with Gasteiger partial charge in [-0.05, 0) is 25.2 Å². The van der Waals surface area contributed by atoms with Gasteiger partial charge in [-0.3, -0.25) is 0 Å². The van der Waals surface area contributed by atoms with E-state index in [9.17, 15) is 5.11 Å². The van der Waals surface area contributed by atoms with Gasteiger partial charge in [0, 0.05) is 10.8 Å². The van der Waals surface area contributed by atoms with E-state index in [-0.39, 0.29) is 10.8 Å². The summed E-state index contributed by atoms with van der Waals surface area (Å²) in [6, 6.07) is 2.16. The Hall–Kier alpha value is -0.550. The van der Waals surface area contributed by atoms with Crippen LogP contribution in [-0.2, 0) is 0 Å². The second-order valence-electron chi connectivity index (χ2n) is 5.54. The molecular formula is C11H17NO. The molecule has 0 aromatic rings. The van der Waals surface area contributed by atoms with Crippen molar-refractivity contribution in [2.24, 2.45) is 16.7 Å². The molecule has 0 aromatic heterocycles. The third kappa shape index (κ3) is 0.729. The van der Waals surface area contributed by atoms with Crippen LogP contribution in [0.4, 0.5) is 0 Å². The van der Waals surface area contributed by atoms with Gasteiger partial charge in [-0.15, -0.1) is 0 Å². The van der Waals surface area contributed by atoms with E-state index in [1.165, 1.54) is 6.42 Å². The van der Waals surface area contributed by atoms with E-state index in [1.54, 1.807) is 0 Å². The molecule has 2 fully saturated rings. The Bertz CT molecular complexity index is 284. The van der Waals surface area contributed by atoms with E-state index in [2.05, 4.69) is 13.0 Å². The van der Waals surface area contributed by atoms with Crippen molar-refractivity contribution in [3.8, 4) is 6.07 Å². The van der Waals surface area contributed by atoms with Crippen LogP contribution in [0.1, 0.15) is 40.0 Å². The van der Waals surface area contributed by atoms with E-state index < -0.39 is 5.60 Å². The molecule has 0 spiro atoms. The molecule has 0 aromatic carbocycles. The first-order valence-corrected chi connectivity index (χ1v) is 5.01. The van der Waals surface area contributed by atoms with Gasteiger partial charge in [0.1, 0.15) is 0 Å². The van der Waals surface area contributed by atoms with Crippen LogP contribution in [0.15, 0.2) is 0 Å². The fraction of sp³-hybridized carbons (Fsp3) is 0.909. The molecule has 0 saturated heterocycles. The van der Waals surface area contributed by atoms with E-state index >= 15 is 0 Å². The van der Waals surface area contributed by atoms with Crippen LogP contribution in [0, 0.1) is 28.1 Å². The van der Waals surface area contributed by atoms with Gasteiger partial charge in [0.2, 0.25) is 0 Å². The second-order valence-corrected chi connectivity index (χ2v) is 5.54. The molecule has 0 unspecified atom stereocenters. The Morgan fingerprint density at radius 1 is 1.38 bits per heavy atom. The molecule has 2 saturated carbocycles. The number of nitrogens with zero attached hydrogens (tertiary/aromatic N) is 1. The normalized spacial score (nSPS) is 52.1. The van der Waals surface area contributed by atoms with E-state index in [0.717, 1.165) is 12.8 Å². The first-order chi connectivity index (χ1) is 5.87. The summed E-state index contributed by atoms with van der Waals surface area (Å²) in [5, 5.41) is 19.6. The Morgan fingerprint density at radius 3 is 2.31 bits per heavy atom. The highest BCUT2D eigenvalue weighted by Gasteiger charge is 2.69. The molecule has 1 N–H and O–H groups in total. The van der Waals surface area contributed by atoms with Crippen LogP contribution in [-0.4, -0.2) is 10.7 Å². The van der Waals surface area contributed by atoms with Crippen LogP contribution in [0.25, 0.3) is 0 Å². The van der Waals surface area contributed by atoms with Gasteiger partial charge in [-0.1, -0.05) is 20.8 Å². The minimum absolute atomic E-state index is 0.157. The first kappa shape index (κ1) is 9.02. The van der Waals surface area contributed by atoms with Crippen molar-refractivity contribution in [3.05, 3.63) is 0 Å². The van der Waals surface area contributed by atoms with Crippen molar-refractivity contribution in [3.63, 3.8) is 0 Å². The molecule has 2 bridgehead atoms. The lowest BCUT2D eigenvalue weighted by Gasteiger charge is -2.45. The third-order valence-electron chi connectivity index (χ3n) is 4.73. The average Bonchev–Trinajstić information content (AvgIpc) is 2.51. The van der Waals surface area contributed by atoms with Crippen molar-refractivity contribution in [1.82, 2.24) is 0 Å². The first-order valence-electron chi connectivity index (χ1n) is 5.01. The highest BCUT2D eigenvalue weighted by Crippen LogP contribution is 2.67. The highest BCUT2D eigenvalue weighted by atomic mass is 16.3. The van der Waals surface area contributed by atoms with Gasteiger partial charge in [0.15, 0.2) is 5.60 Å². The van der Waals surface area contributed by atoms with Crippen molar-refractivity contribution < 1.29 is 5.11 Å². The topological polar surface area (TPSA) is 44.0 Å². The molecule has 2 rings (SSSR count). The lowest BCUT2D eigenvalue weighted by atomic mass is 9.61. The fourth-order valence-electron chi connectivity index (χ4n) is 3.54. The zero-order chi connectivity index (χ0) is 9.91. The molecule has 2 nitrogen and oxygen atoms in total. The molecule has 0 heterocycles. The van der Waals surface area contributed by atoms with Crippen molar-refractivity contribution >= 4 is 0 Å². The number of rotatable bonds is 0. The third-order valence-corrected chi connectivity index (χ3v) is 4.73. The summed E-state index contributed by atoms with van der Waals surface area (Å²) in [4.78, 5) is 0. The molecule has 2 aliphatic carbocycles. The van der Waals surface area contributed by atoms with E-state index in [4.69, 9.17) is 5.26 Å². The van der Waals surface area contributed by atoms with Crippen molar-refractivity contribution in [1.29, 1.82) is 5.26 Å². The summed E-state index contributed by atoms with van der Waals surface area (Å²) < 4.78 is 0. The number of nitriles is 1. The molecule has 72 valence electrons. The Morgan fingerprint density at radius 2 is 2.00 bits per heavy atom. The van der Waals surface area contributed by atoms with Crippen LogP contribution in [0.2, 0.25) is 0 Å². The summed E-state index contributed by atoms with van der Waals surface area (Å²) in [5.74, 6) is 0.530. The van der Waals surface area contributed by atoms with Gasteiger partial charge >= 0.3 is 0 Å². The maximum absolute atomic E-state index is 10.4. The molecule has 0 amide bonds. The number of hydrogen-bond acceptors (Lipinski definition) is 2. The zero-order valence-corrected chi connectivity index (χ0v) is 8.59. The van der Waals surface area contributed by atoms with Gasteiger partial charge in [0.25, 0.3) is 0 Å². The Balaban J connectivity index is 2.53. The Kier molecular flexibility index (Phi) is 1.45. The minimum Gasteiger partial charge on any atom is -0.374 e. The molecule has 13 heavy (non-hydrogen) atoms. The lowest BCUT2D eigenvalue weighted by molar-refractivity contribution is -0.0969. The van der Waals surface area contributed by atoms with Crippen LogP contribution in [0.5, 0.6) is 0 Å². The van der Waals surface area contributed by atoms with Gasteiger partial charge < -0.3 is 5.11 Å². The summed E-state index contributed by atoms with van der Waals surface area (Å²) in [5.41, 5.74) is -1.49. The summed E-state index contributed by atoms with van der Waals surface area (Å²) in [6.45, 7) is 6.13. The second kappa shape index (κ2) is 2.09. The minimum atomic E-state index is -1.11. The summed E-state index contributed by atoms with van der Waals surface area (Å²) >= 11 is 0. The number of aliphatic hydroxyl groups is 1. The van der Waals surface area contributed by atoms with Crippen LogP contribution >= 0.6 is 0 Å². The lowest BCUT2D eigenvalue weighted by Crippen LogP contribution is -2.52. The monoisotopic (exact) mass is 179 g/mol. The van der Waals surface area contributed by atoms with Gasteiger partial charge in [0.05, 0.1) is 6.07 Å². The Labute approximate surface area is 79.6 Å². The molecule has 3 atom stereocenters. The smallest absolute Gasteiger partial charge is 0.161 e. The SMILES string of the molecule is CC1(C)[C@@H]2CC[C@@](C)(C2)[C@]1(O)C#N. The number of fused-ring (bicyclic) bond motifs is 2. The molecular weight excluding hydrogens is 162 g/mol. The van der Waals surface area contributed by atoms with Gasteiger partial charge in [-0.2, -0.15) is 5.26 Å². The standard InChI is InChI=1S/C11H17NO/c1-9(2)8-4-5-10(3,6-8)11(9,13)7-12/h8,13H,4-6H2,1-3H3/t8-,10+,11+/m1/s1. The molecule has 2 heteroatoms. The molecule has 0 radical (unpaired) electrons. The van der Waals surface area contributed by atoms with Crippen molar-refractivity contribution in [2.75, 3.05) is 0 Å². The maximum Gasteiger partial charge on any atom is 0.161 e. The quantitative estimate of drug-likeness (QED) is 0.579. The van der Waals surface area contributed by atoms with E-state index in [1.807, 2.05) is 13.8 Å². The maximum atomic E-state index is 10.4. The predicted octanol–water partition coefficient (Wildman–Crippen LogP) is 2.09. The molecule has 2 aliphatic rings. The van der Waals surface area contributed by atoms with E-state index in [0.29, 0.717) is 5.92 Å². The highest BCUT2D eigenvalue weighted by molar-refractivity contribution is 5.26. The average molecular weight is 179 g/mol. The zero-order valence-electron chi connectivity index (χ0n) is 8.59. The summed E-state index contributed by atoms with van der Waals surface area (Å²) in [7, 11) is 0. The van der Waals surface area contributed by atoms with Crippen LogP contribution in [0.3, 0.4) is 0 Å². The predicted molar refractivity (Wildman–Crippen MR) is 49.8 cm³/mol. The fourth-order valence-corrected chi connectivity index (χ4v) is 3.54. The largest absolute Gasteiger partial charge is 0.374 e. The van der Waals surface area contributed by atoms with Gasteiger partial charge in [-0.25, -0.2) is 0 Å². The summed E-state index contributed by atoms with van der Waals surface area (Å²) in [6.07, 6.45) is 3.20. The molecule has 0 aliphatic heterocycles. The number of hydrogen-bond donors (Lipinski definition) is 1. The van der Waals surface area contributed by atoms with Crippen molar-refractivity contribution in [2.45, 2.75) is 45.6 Å².